The van der Waals surface area contributed by atoms with Crippen molar-refractivity contribution in [2.75, 3.05) is 11.9 Å². The molecule has 0 unspecified atom stereocenters. The fourth-order valence-electron chi connectivity index (χ4n) is 2.92. The van der Waals surface area contributed by atoms with Gasteiger partial charge in [-0.25, -0.2) is 4.98 Å². The maximum Gasteiger partial charge on any atom is 0.254 e. The molecule has 3 aromatic heterocycles. The molecule has 4 aromatic rings. The Morgan fingerprint density at radius 3 is 2.76 bits per heavy atom. The van der Waals surface area contributed by atoms with Crippen LogP contribution in [0.5, 0.6) is 0 Å². The zero-order valence-electron chi connectivity index (χ0n) is 16.0. The van der Waals surface area contributed by atoms with Crippen molar-refractivity contribution in [3.05, 3.63) is 72.2 Å². The first-order valence-corrected chi connectivity index (χ1v) is 9.38. The van der Waals surface area contributed by atoms with E-state index in [4.69, 9.17) is 0 Å². The molecule has 0 fully saturated rings. The van der Waals surface area contributed by atoms with Gasteiger partial charge in [-0.15, -0.1) is 5.10 Å². The van der Waals surface area contributed by atoms with Crippen LogP contribution in [0, 0.1) is 6.92 Å². The fourth-order valence-corrected chi connectivity index (χ4v) is 2.92. The van der Waals surface area contributed by atoms with Gasteiger partial charge in [-0.2, -0.15) is 9.50 Å². The van der Waals surface area contributed by atoms with Gasteiger partial charge >= 0.3 is 0 Å². The topological polar surface area (TPSA) is 97.1 Å². The van der Waals surface area contributed by atoms with E-state index >= 15 is 0 Å². The summed E-state index contributed by atoms with van der Waals surface area (Å²) in [4.78, 5) is 25.2. The molecule has 8 heteroatoms. The summed E-state index contributed by atoms with van der Waals surface area (Å²) < 4.78 is 1.65. The quantitative estimate of drug-likeness (QED) is 0.506. The zero-order valence-corrected chi connectivity index (χ0v) is 16.0. The number of amides is 1. The molecule has 0 aliphatic carbocycles. The first-order valence-electron chi connectivity index (χ1n) is 9.38. The third kappa shape index (κ3) is 4.55. The Morgan fingerprint density at radius 1 is 1.10 bits per heavy atom. The van der Waals surface area contributed by atoms with Gasteiger partial charge in [0.15, 0.2) is 5.82 Å². The number of nitrogens with one attached hydrogen (secondary N) is 2. The molecule has 0 spiro atoms. The molecule has 0 radical (unpaired) electrons. The molecule has 8 nitrogen and oxygen atoms in total. The smallest absolute Gasteiger partial charge is 0.254 e. The van der Waals surface area contributed by atoms with Crippen LogP contribution in [0.1, 0.15) is 17.7 Å². The maximum absolute atomic E-state index is 12.1. The maximum atomic E-state index is 12.1. The number of benzene rings is 1. The minimum Gasteiger partial charge on any atom is -0.369 e. The van der Waals surface area contributed by atoms with E-state index in [0.29, 0.717) is 31.1 Å². The second-order valence-corrected chi connectivity index (χ2v) is 6.61. The molecule has 4 rings (SSSR count). The van der Waals surface area contributed by atoms with Gasteiger partial charge < -0.3 is 10.6 Å². The number of hydrogen-bond donors (Lipinski definition) is 2. The average molecular weight is 387 g/mol. The Labute approximate surface area is 168 Å². The van der Waals surface area contributed by atoms with Gasteiger partial charge in [0, 0.05) is 49.2 Å². The predicted octanol–water partition coefficient (Wildman–Crippen LogP) is 2.61. The molecule has 0 saturated heterocycles. The average Bonchev–Trinajstić information content (AvgIpc) is 3.18. The van der Waals surface area contributed by atoms with Crippen molar-refractivity contribution in [1.82, 2.24) is 29.9 Å². The number of rotatable bonds is 7. The van der Waals surface area contributed by atoms with Crippen LogP contribution in [0.25, 0.3) is 17.2 Å². The number of pyridine rings is 1. The fraction of sp³-hybridized carbons (Fsp3) is 0.190. The predicted molar refractivity (Wildman–Crippen MR) is 110 cm³/mol. The minimum absolute atomic E-state index is 0.0157. The lowest BCUT2D eigenvalue weighted by Gasteiger charge is -2.09. The SMILES string of the molecule is Cc1cc(NCCC(=O)NCc2ccccc2)n2nc(-c3cccnc3)nc2n1. The van der Waals surface area contributed by atoms with Crippen molar-refractivity contribution in [1.29, 1.82) is 0 Å². The standard InChI is InChI=1S/C21H21N7O/c1-15-12-18(23-11-9-19(29)24-13-16-6-3-2-4-7-16)28-21(25-15)26-20(27-28)17-8-5-10-22-14-17/h2-8,10,12,14,23H,9,11,13H2,1H3,(H,24,29). The Morgan fingerprint density at radius 2 is 1.97 bits per heavy atom. The van der Waals surface area contributed by atoms with Crippen LogP contribution in [0.3, 0.4) is 0 Å². The summed E-state index contributed by atoms with van der Waals surface area (Å²) >= 11 is 0. The largest absolute Gasteiger partial charge is 0.369 e. The number of anilines is 1. The molecule has 0 aliphatic heterocycles. The molecule has 1 aromatic carbocycles. The molecule has 3 heterocycles. The molecule has 29 heavy (non-hydrogen) atoms. The van der Waals surface area contributed by atoms with E-state index < -0.39 is 0 Å². The highest BCUT2D eigenvalue weighted by Crippen LogP contribution is 2.17. The van der Waals surface area contributed by atoms with Crippen LogP contribution < -0.4 is 10.6 Å². The lowest BCUT2D eigenvalue weighted by atomic mass is 10.2. The number of carbonyl (C=O) groups is 1. The van der Waals surface area contributed by atoms with Gasteiger partial charge in [-0.3, -0.25) is 9.78 Å². The van der Waals surface area contributed by atoms with E-state index in [9.17, 15) is 4.79 Å². The van der Waals surface area contributed by atoms with Crippen LogP contribution in [-0.4, -0.2) is 37.0 Å². The summed E-state index contributed by atoms with van der Waals surface area (Å²) in [5.74, 6) is 1.78. The van der Waals surface area contributed by atoms with Gasteiger partial charge in [-0.1, -0.05) is 30.3 Å². The van der Waals surface area contributed by atoms with Crippen LogP contribution in [0.15, 0.2) is 60.9 Å². The summed E-state index contributed by atoms with van der Waals surface area (Å²) in [6.07, 6.45) is 3.77. The van der Waals surface area contributed by atoms with E-state index in [1.807, 2.05) is 55.5 Å². The van der Waals surface area contributed by atoms with Gasteiger partial charge in [0.05, 0.1) is 0 Å². The van der Waals surface area contributed by atoms with Crippen molar-refractivity contribution in [2.45, 2.75) is 19.9 Å². The van der Waals surface area contributed by atoms with Crippen LogP contribution in [0.2, 0.25) is 0 Å². The number of nitrogens with zero attached hydrogens (tertiary/aromatic N) is 5. The van der Waals surface area contributed by atoms with E-state index in [-0.39, 0.29) is 5.91 Å². The van der Waals surface area contributed by atoms with Crippen LogP contribution >= 0.6 is 0 Å². The molecular formula is C21H21N7O. The number of aromatic nitrogens is 5. The minimum atomic E-state index is -0.0157. The molecule has 0 aliphatic rings. The molecule has 146 valence electrons. The first-order chi connectivity index (χ1) is 14.2. The van der Waals surface area contributed by atoms with Gasteiger partial charge in [-0.05, 0) is 24.6 Å². The highest BCUT2D eigenvalue weighted by Gasteiger charge is 2.12. The Hall–Kier alpha value is -3.81. The zero-order chi connectivity index (χ0) is 20.1. The summed E-state index contributed by atoms with van der Waals surface area (Å²) in [7, 11) is 0. The Kier molecular flexibility index (Phi) is 5.42. The van der Waals surface area contributed by atoms with E-state index in [0.717, 1.165) is 22.6 Å². The molecular weight excluding hydrogens is 366 g/mol. The number of fused-ring (bicyclic) bond motifs is 1. The van der Waals surface area contributed by atoms with Crippen LogP contribution in [-0.2, 0) is 11.3 Å². The van der Waals surface area contributed by atoms with Crippen molar-refractivity contribution < 1.29 is 4.79 Å². The third-order valence-electron chi connectivity index (χ3n) is 4.35. The van der Waals surface area contributed by atoms with Gasteiger partial charge in [0.25, 0.3) is 5.78 Å². The van der Waals surface area contributed by atoms with Gasteiger partial charge in [0.1, 0.15) is 5.82 Å². The van der Waals surface area contributed by atoms with Crippen LogP contribution in [0.4, 0.5) is 5.82 Å². The van der Waals surface area contributed by atoms with Crippen molar-refractivity contribution in [3.63, 3.8) is 0 Å². The molecule has 0 saturated carbocycles. The van der Waals surface area contributed by atoms with Gasteiger partial charge in [0.2, 0.25) is 5.91 Å². The monoisotopic (exact) mass is 387 g/mol. The number of aryl methyl sites for hydroxylation is 1. The number of carbonyl (C=O) groups excluding carboxylic acids is 1. The van der Waals surface area contributed by atoms with Crippen molar-refractivity contribution in [3.8, 4) is 11.4 Å². The second kappa shape index (κ2) is 8.47. The summed E-state index contributed by atoms with van der Waals surface area (Å²) in [5, 5.41) is 10.7. The van der Waals surface area contributed by atoms with E-state index in [1.165, 1.54) is 0 Å². The molecule has 1 amide bonds. The van der Waals surface area contributed by atoms with E-state index in [1.54, 1.807) is 16.9 Å². The highest BCUT2D eigenvalue weighted by atomic mass is 16.1. The van der Waals surface area contributed by atoms with Crippen molar-refractivity contribution >= 4 is 17.5 Å². The summed E-state index contributed by atoms with van der Waals surface area (Å²) in [6, 6.07) is 15.5. The molecule has 2 N–H and O–H groups in total. The summed E-state index contributed by atoms with van der Waals surface area (Å²) in [5.41, 5.74) is 2.71. The lowest BCUT2D eigenvalue weighted by Crippen LogP contribution is -2.25. The Bertz CT molecular complexity index is 1110. The second-order valence-electron chi connectivity index (χ2n) is 6.61. The molecule has 0 atom stereocenters. The highest BCUT2D eigenvalue weighted by molar-refractivity contribution is 5.76. The third-order valence-corrected chi connectivity index (χ3v) is 4.35. The lowest BCUT2D eigenvalue weighted by molar-refractivity contribution is -0.121. The first kappa shape index (κ1) is 18.5. The summed E-state index contributed by atoms with van der Waals surface area (Å²) in [6.45, 7) is 2.90. The number of hydrogen-bond acceptors (Lipinski definition) is 6. The van der Waals surface area contributed by atoms with Crippen molar-refractivity contribution in [2.24, 2.45) is 0 Å². The van der Waals surface area contributed by atoms with E-state index in [2.05, 4.69) is 30.7 Å². The Balaban J connectivity index is 1.41. The normalized spacial score (nSPS) is 10.8. The molecule has 0 bridgehead atoms.